The van der Waals surface area contributed by atoms with Gasteiger partial charge in [0.2, 0.25) is 0 Å². The van der Waals surface area contributed by atoms with Crippen LogP contribution in [0.1, 0.15) is 28.6 Å². The highest BCUT2D eigenvalue weighted by Crippen LogP contribution is 2.33. The first-order chi connectivity index (χ1) is 8.15. The van der Waals surface area contributed by atoms with Crippen LogP contribution in [0, 0.1) is 0 Å². The fourth-order valence-corrected chi connectivity index (χ4v) is 2.32. The average molecular weight is 256 g/mol. The summed E-state index contributed by atoms with van der Waals surface area (Å²) in [6.45, 7) is 2.36. The molecule has 90 valence electrons. The van der Waals surface area contributed by atoms with Gasteiger partial charge < -0.3 is 0 Å². The molecule has 2 heterocycles. The molecule has 2 rings (SSSR count). The number of hydrogen-bond donors (Lipinski definition) is 0. The number of aromatic nitrogens is 2. The van der Waals surface area contributed by atoms with E-state index in [-0.39, 0.29) is 11.3 Å². The van der Waals surface area contributed by atoms with Gasteiger partial charge in [0.05, 0.1) is 15.3 Å². The van der Waals surface area contributed by atoms with Crippen molar-refractivity contribution < 1.29 is 13.6 Å². The summed E-state index contributed by atoms with van der Waals surface area (Å²) in [4.78, 5) is 11.7. The molecule has 0 unspecified atom stereocenters. The monoisotopic (exact) mass is 256 g/mol. The molecular weight excluding hydrogens is 246 g/mol. The van der Waals surface area contributed by atoms with Crippen LogP contribution in [0.4, 0.5) is 8.78 Å². The number of thiophene rings is 1. The third kappa shape index (κ3) is 2.26. The number of carbonyl (C=O) groups excluding carboxylic acids is 1. The lowest BCUT2D eigenvalue weighted by molar-refractivity contribution is 0.112. The molecule has 2 aromatic rings. The molecule has 0 aliphatic heterocycles. The molecular formula is C11H10F2N2OS. The summed E-state index contributed by atoms with van der Waals surface area (Å²) in [5.41, 5.74) is 0.172. The van der Waals surface area contributed by atoms with Gasteiger partial charge in [-0.2, -0.15) is 5.10 Å². The van der Waals surface area contributed by atoms with E-state index in [1.165, 1.54) is 10.9 Å². The zero-order valence-electron chi connectivity index (χ0n) is 9.06. The first kappa shape index (κ1) is 11.9. The number of halogens is 2. The van der Waals surface area contributed by atoms with Gasteiger partial charge in [-0.3, -0.25) is 9.48 Å². The lowest BCUT2D eigenvalue weighted by atomic mass is 10.2. The Kier molecular flexibility index (Phi) is 3.33. The van der Waals surface area contributed by atoms with E-state index in [9.17, 15) is 13.6 Å². The van der Waals surface area contributed by atoms with E-state index in [1.807, 2.05) is 6.92 Å². The molecule has 0 aliphatic carbocycles. The minimum atomic E-state index is -2.56. The minimum absolute atomic E-state index is 0.0915. The van der Waals surface area contributed by atoms with Crippen molar-refractivity contribution in [2.24, 2.45) is 0 Å². The van der Waals surface area contributed by atoms with E-state index in [1.54, 1.807) is 12.1 Å². The first-order valence-electron chi connectivity index (χ1n) is 5.06. The van der Waals surface area contributed by atoms with Gasteiger partial charge in [0.1, 0.15) is 5.69 Å². The van der Waals surface area contributed by atoms with Crippen LogP contribution in [0.2, 0.25) is 0 Å². The number of hydrogen-bond acceptors (Lipinski definition) is 3. The van der Waals surface area contributed by atoms with E-state index in [2.05, 4.69) is 5.10 Å². The first-order valence-corrected chi connectivity index (χ1v) is 5.88. The fourth-order valence-electron chi connectivity index (χ4n) is 1.49. The standard InChI is InChI=1S/C11H10F2N2OS/c1-2-15-5-8(11(12)13)10(14-15)9-4-3-7(6-16)17-9/h3-6,11H,2H2,1H3. The van der Waals surface area contributed by atoms with Crippen molar-refractivity contribution in [1.29, 1.82) is 0 Å². The van der Waals surface area contributed by atoms with Crippen molar-refractivity contribution in [3.63, 3.8) is 0 Å². The maximum absolute atomic E-state index is 12.8. The Hall–Kier alpha value is -1.56. The number of rotatable bonds is 4. The summed E-state index contributed by atoms with van der Waals surface area (Å²) in [5, 5.41) is 4.10. The molecule has 0 bridgehead atoms. The van der Waals surface area contributed by atoms with Crippen molar-refractivity contribution in [3.8, 4) is 10.6 Å². The third-order valence-corrected chi connectivity index (χ3v) is 3.34. The SMILES string of the molecule is CCn1cc(C(F)F)c(-c2ccc(C=O)s2)n1. The Labute approximate surface area is 101 Å². The van der Waals surface area contributed by atoms with Crippen molar-refractivity contribution in [3.05, 3.63) is 28.8 Å². The van der Waals surface area contributed by atoms with E-state index in [4.69, 9.17) is 0 Å². The smallest absolute Gasteiger partial charge is 0.267 e. The molecule has 0 saturated carbocycles. The number of carbonyl (C=O) groups is 1. The maximum atomic E-state index is 12.8. The molecule has 3 nitrogen and oxygen atoms in total. The molecule has 2 aromatic heterocycles. The Balaban J connectivity index is 2.49. The minimum Gasteiger partial charge on any atom is -0.297 e. The highest BCUT2D eigenvalue weighted by atomic mass is 32.1. The molecule has 0 atom stereocenters. The summed E-state index contributed by atoms with van der Waals surface area (Å²) in [7, 11) is 0. The molecule has 0 aromatic carbocycles. The summed E-state index contributed by atoms with van der Waals surface area (Å²) >= 11 is 1.16. The number of aldehydes is 1. The van der Waals surface area contributed by atoms with E-state index in [0.717, 1.165) is 11.3 Å². The molecule has 0 aliphatic rings. The van der Waals surface area contributed by atoms with Gasteiger partial charge in [0, 0.05) is 12.7 Å². The molecule has 0 N–H and O–H groups in total. The Bertz CT molecular complexity index is 533. The van der Waals surface area contributed by atoms with Gasteiger partial charge in [-0.25, -0.2) is 8.78 Å². The second-order valence-electron chi connectivity index (χ2n) is 3.41. The van der Waals surface area contributed by atoms with Crippen LogP contribution < -0.4 is 0 Å². The van der Waals surface area contributed by atoms with Crippen molar-refractivity contribution in [2.45, 2.75) is 19.9 Å². The summed E-state index contributed by atoms with van der Waals surface area (Å²) in [6, 6.07) is 3.25. The summed E-state index contributed by atoms with van der Waals surface area (Å²) < 4.78 is 27.1. The Morgan fingerprint density at radius 1 is 1.53 bits per heavy atom. The van der Waals surface area contributed by atoms with Gasteiger partial charge in [0.25, 0.3) is 6.43 Å². The normalized spacial score (nSPS) is 11.1. The van der Waals surface area contributed by atoms with Gasteiger partial charge in [-0.15, -0.1) is 11.3 Å². The lowest BCUT2D eigenvalue weighted by Crippen LogP contribution is -1.93. The predicted molar refractivity (Wildman–Crippen MR) is 61.6 cm³/mol. The van der Waals surface area contributed by atoms with Crippen LogP contribution in [0.3, 0.4) is 0 Å². The number of alkyl halides is 2. The molecule has 6 heteroatoms. The molecule has 0 saturated heterocycles. The Morgan fingerprint density at radius 2 is 2.29 bits per heavy atom. The van der Waals surface area contributed by atoms with Crippen LogP contribution in [0.25, 0.3) is 10.6 Å². The van der Waals surface area contributed by atoms with Crippen LogP contribution in [0.5, 0.6) is 0 Å². The van der Waals surface area contributed by atoms with E-state index >= 15 is 0 Å². The van der Waals surface area contributed by atoms with E-state index in [0.29, 0.717) is 22.6 Å². The zero-order chi connectivity index (χ0) is 12.4. The quantitative estimate of drug-likeness (QED) is 0.786. The predicted octanol–water partition coefficient (Wildman–Crippen LogP) is 3.38. The van der Waals surface area contributed by atoms with E-state index < -0.39 is 6.43 Å². The lowest BCUT2D eigenvalue weighted by Gasteiger charge is -1.96. The highest BCUT2D eigenvalue weighted by Gasteiger charge is 2.19. The van der Waals surface area contributed by atoms with Gasteiger partial charge >= 0.3 is 0 Å². The number of nitrogens with zero attached hydrogens (tertiary/aromatic N) is 2. The van der Waals surface area contributed by atoms with Crippen LogP contribution in [-0.4, -0.2) is 16.1 Å². The highest BCUT2D eigenvalue weighted by molar-refractivity contribution is 7.17. The van der Waals surface area contributed by atoms with Crippen LogP contribution in [-0.2, 0) is 6.54 Å². The number of aryl methyl sites for hydroxylation is 1. The fraction of sp³-hybridized carbons (Fsp3) is 0.273. The van der Waals surface area contributed by atoms with Crippen LogP contribution in [0.15, 0.2) is 18.3 Å². The van der Waals surface area contributed by atoms with Gasteiger partial charge in [-0.05, 0) is 19.1 Å². The summed E-state index contributed by atoms with van der Waals surface area (Å²) in [6.07, 6.45) is -0.514. The largest absolute Gasteiger partial charge is 0.297 e. The Morgan fingerprint density at radius 3 is 2.82 bits per heavy atom. The maximum Gasteiger partial charge on any atom is 0.267 e. The topological polar surface area (TPSA) is 34.9 Å². The molecule has 0 spiro atoms. The summed E-state index contributed by atoms with van der Waals surface area (Å²) in [5.74, 6) is 0. The van der Waals surface area contributed by atoms with Crippen molar-refractivity contribution in [2.75, 3.05) is 0 Å². The molecule has 17 heavy (non-hydrogen) atoms. The van der Waals surface area contributed by atoms with Gasteiger partial charge in [-0.1, -0.05) is 0 Å². The molecule has 0 amide bonds. The zero-order valence-corrected chi connectivity index (χ0v) is 9.88. The van der Waals surface area contributed by atoms with Crippen molar-refractivity contribution in [1.82, 2.24) is 9.78 Å². The second kappa shape index (κ2) is 4.75. The van der Waals surface area contributed by atoms with Crippen molar-refractivity contribution >= 4 is 17.6 Å². The molecule has 0 fully saturated rings. The van der Waals surface area contributed by atoms with Crippen LogP contribution >= 0.6 is 11.3 Å². The average Bonchev–Trinajstić information content (AvgIpc) is 2.94. The third-order valence-electron chi connectivity index (χ3n) is 2.33. The second-order valence-corrected chi connectivity index (χ2v) is 4.52. The molecule has 0 radical (unpaired) electrons. The van der Waals surface area contributed by atoms with Gasteiger partial charge in [0.15, 0.2) is 6.29 Å².